The minimum absolute atomic E-state index is 0.0134. The van der Waals surface area contributed by atoms with Gasteiger partial charge in [-0.25, -0.2) is 0 Å². The Kier molecular flexibility index (Phi) is 7.73. The molecule has 1 aromatic heterocycles. The standard InChI is InChI=1S/C23H17NO2.C15H13N3O3S/c1-12-3-5-14-9-15-10-19-21(11-17(15)22(25)16(14)7-12)24-20-6-4-13(2)8-18(20)23(19)26;1-2-18-10-5-3-4-6-11(10)21-12(18)8-7-9-13(19)16-15(22)17-14(9)20/h3-8,10-11H,9H2,1-2H3,(H,24,26);3-8H,2H2,1H3,(H2,16,17,19,20,22)/b;12-8-. The predicted molar refractivity (Wildman–Crippen MR) is 189 cm³/mol. The van der Waals surface area contributed by atoms with Gasteiger partial charge in [-0.1, -0.05) is 41.5 Å². The van der Waals surface area contributed by atoms with Gasteiger partial charge in [-0.05, 0) is 105 Å². The number of carbonyl (C=O) groups is 3. The van der Waals surface area contributed by atoms with Crippen LogP contribution < -0.4 is 25.7 Å². The van der Waals surface area contributed by atoms with Crippen LogP contribution in [-0.2, 0) is 16.0 Å². The van der Waals surface area contributed by atoms with E-state index in [1.165, 1.54) is 6.08 Å². The number of aromatic nitrogens is 1. The number of aryl methyl sites for hydroxylation is 2. The number of benzene rings is 4. The van der Waals surface area contributed by atoms with Gasteiger partial charge in [0.25, 0.3) is 11.8 Å². The number of aromatic amines is 1. The van der Waals surface area contributed by atoms with E-state index in [4.69, 9.17) is 17.0 Å². The zero-order valence-corrected chi connectivity index (χ0v) is 27.2. The molecule has 0 unspecified atom stereocenters. The molecule has 238 valence electrons. The zero-order chi connectivity index (χ0) is 33.7. The first-order chi connectivity index (χ1) is 23.1. The van der Waals surface area contributed by atoms with Crippen LogP contribution in [0.2, 0.25) is 0 Å². The number of carbonyl (C=O) groups excluding carboxylic acids is 3. The third kappa shape index (κ3) is 5.46. The fourth-order valence-corrected chi connectivity index (χ4v) is 6.41. The quantitative estimate of drug-likeness (QED) is 0.0957. The first-order valence-corrected chi connectivity index (χ1v) is 15.9. The highest BCUT2D eigenvalue weighted by Gasteiger charge is 2.28. The van der Waals surface area contributed by atoms with Crippen molar-refractivity contribution >= 4 is 62.4 Å². The summed E-state index contributed by atoms with van der Waals surface area (Å²) in [6.07, 6.45) is 3.71. The number of anilines is 1. The van der Waals surface area contributed by atoms with E-state index in [9.17, 15) is 19.2 Å². The monoisotopic (exact) mass is 654 g/mol. The van der Waals surface area contributed by atoms with Crippen molar-refractivity contribution in [2.24, 2.45) is 0 Å². The summed E-state index contributed by atoms with van der Waals surface area (Å²) in [6.45, 7) is 6.67. The molecule has 2 aliphatic heterocycles. The number of hydrogen-bond acceptors (Lipinski definition) is 7. The molecule has 3 heterocycles. The Morgan fingerprint density at radius 2 is 1.48 bits per heavy atom. The minimum atomic E-state index is -0.524. The molecule has 4 aromatic carbocycles. The molecule has 48 heavy (non-hydrogen) atoms. The Morgan fingerprint density at radius 3 is 2.25 bits per heavy atom. The van der Waals surface area contributed by atoms with Gasteiger partial charge in [0.15, 0.2) is 22.1 Å². The number of thiocarbonyl (C=S) groups is 1. The maximum absolute atomic E-state index is 13.0. The van der Waals surface area contributed by atoms with E-state index in [1.807, 2.05) is 98.5 Å². The highest BCUT2D eigenvalue weighted by Crippen LogP contribution is 2.38. The maximum atomic E-state index is 13.0. The molecule has 0 spiro atoms. The van der Waals surface area contributed by atoms with Gasteiger partial charge in [0, 0.05) is 34.0 Å². The van der Waals surface area contributed by atoms with Crippen LogP contribution in [0.15, 0.2) is 101 Å². The summed E-state index contributed by atoms with van der Waals surface area (Å²) in [5.74, 6) is 0.294. The number of nitrogens with zero attached hydrogens (tertiary/aromatic N) is 1. The van der Waals surface area contributed by atoms with Gasteiger partial charge in [-0.3, -0.25) is 29.8 Å². The Morgan fingerprint density at radius 1 is 0.792 bits per heavy atom. The van der Waals surface area contributed by atoms with Crippen LogP contribution in [0.25, 0.3) is 21.8 Å². The number of para-hydroxylation sites is 2. The van der Waals surface area contributed by atoms with Crippen LogP contribution in [0, 0.1) is 13.8 Å². The Balaban J connectivity index is 0.000000154. The smallest absolute Gasteiger partial charge is 0.263 e. The van der Waals surface area contributed by atoms with Gasteiger partial charge >= 0.3 is 0 Å². The number of ketones is 1. The molecule has 0 bridgehead atoms. The number of amides is 2. The average Bonchev–Trinajstić information content (AvgIpc) is 3.42. The van der Waals surface area contributed by atoms with Gasteiger partial charge in [0.2, 0.25) is 5.88 Å². The van der Waals surface area contributed by atoms with E-state index in [1.54, 1.807) is 6.08 Å². The average molecular weight is 655 g/mol. The second-order valence-corrected chi connectivity index (χ2v) is 12.3. The number of fused-ring (bicyclic) bond motifs is 5. The third-order valence-electron chi connectivity index (χ3n) is 8.60. The lowest BCUT2D eigenvalue weighted by molar-refractivity contribution is -0.123. The number of rotatable bonds is 2. The highest BCUT2D eigenvalue weighted by atomic mass is 32.1. The second-order valence-electron chi connectivity index (χ2n) is 11.9. The minimum Gasteiger partial charge on any atom is -0.439 e. The summed E-state index contributed by atoms with van der Waals surface area (Å²) in [4.78, 5) is 54.8. The predicted octanol–water partition coefficient (Wildman–Crippen LogP) is 5.64. The lowest BCUT2D eigenvalue weighted by Crippen LogP contribution is -2.51. The van der Waals surface area contributed by atoms with Crippen molar-refractivity contribution in [3.05, 3.63) is 140 Å². The first-order valence-electron chi connectivity index (χ1n) is 15.5. The van der Waals surface area contributed by atoms with E-state index in [2.05, 4.69) is 15.6 Å². The molecule has 1 saturated heterocycles. The van der Waals surface area contributed by atoms with E-state index < -0.39 is 11.8 Å². The van der Waals surface area contributed by atoms with Gasteiger partial charge in [-0.2, -0.15) is 0 Å². The second kappa shape index (κ2) is 12.1. The summed E-state index contributed by atoms with van der Waals surface area (Å²) in [7, 11) is 0. The van der Waals surface area contributed by atoms with Gasteiger partial charge in [0.05, 0.1) is 11.2 Å². The molecular weight excluding hydrogens is 625 g/mol. The number of pyridine rings is 1. The summed E-state index contributed by atoms with van der Waals surface area (Å²) >= 11 is 4.75. The van der Waals surface area contributed by atoms with E-state index >= 15 is 0 Å². The van der Waals surface area contributed by atoms with Gasteiger partial charge in [-0.15, -0.1) is 0 Å². The van der Waals surface area contributed by atoms with Crippen LogP contribution in [0.3, 0.4) is 0 Å². The molecule has 3 aliphatic rings. The lowest BCUT2D eigenvalue weighted by Gasteiger charge is -2.19. The summed E-state index contributed by atoms with van der Waals surface area (Å²) < 4.78 is 5.75. The Labute approximate surface area is 280 Å². The van der Waals surface area contributed by atoms with Crippen molar-refractivity contribution in [3.63, 3.8) is 0 Å². The fourth-order valence-electron chi connectivity index (χ4n) is 6.23. The Hall–Kier alpha value is -5.87. The van der Waals surface area contributed by atoms with Crippen LogP contribution in [0.5, 0.6) is 5.75 Å². The Bertz CT molecular complexity index is 2350. The number of H-pyrrole nitrogens is 1. The number of ether oxygens (including phenoxy) is 1. The third-order valence-corrected chi connectivity index (χ3v) is 8.81. The van der Waals surface area contributed by atoms with Crippen LogP contribution in [0.4, 0.5) is 5.69 Å². The van der Waals surface area contributed by atoms with Crippen molar-refractivity contribution in [3.8, 4) is 5.75 Å². The molecule has 1 fully saturated rings. The summed E-state index contributed by atoms with van der Waals surface area (Å²) in [5, 5.41) is 6.12. The molecule has 1 aliphatic carbocycles. The molecule has 2 amide bonds. The molecule has 0 saturated carbocycles. The maximum Gasteiger partial charge on any atom is 0.263 e. The molecule has 5 aromatic rings. The van der Waals surface area contributed by atoms with Gasteiger partial charge in [0.1, 0.15) is 5.57 Å². The number of hydrogen-bond donors (Lipinski definition) is 3. The molecule has 0 atom stereocenters. The van der Waals surface area contributed by atoms with Crippen molar-refractivity contribution in [1.29, 1.82) is 0 Å². The zero-order valence-electron chi connectivity index (χ0n) is 26.4. The van der Waals surface area contributed by atoms with E-state index in [0.717, 1.165) is 50.3 Å². The van der Waals surface area contributed by atoms with Crippen LogP contribution in [-0.4, -0.2) is 34.2 Å². The molecule has 9 nitrogen and oxygen atoms in total. The SMILES string of the molecule is CCN1/C(=C/C=C2C(=O)NC(=S)NC2=O)Oc2ccccc21.Cc1ccc2c(c1)C(=O)c1cc3[nH]c4ccc(C)cc4c(=O)c3cc1C2. The molecule has 8 rings (SSSR count). The molecular formula is C38H30N4O5S. The highest BCUT2D eigenvalue weighted by molar-refractivity contribution is 7.80. The number of nitrogens with one attached hydrogen (secondary N) is 3. The molecule has 10 heteroatoms. The van der Waals surface area contributed by atoms with E-state index in [0.29, 0.717) is 35.2 Å². The fraction of sp³-hybridized carbons (Fsp3) is 0.132. The molecule has 3 N–H and O–H groups in total. The van der Waals surface area contributed by atoms with Crippen molar-refractivity contribution in [1.82, 2.24) is 15.6 Å². The van der Waals surface area contributed by atoms with Gasteiger partial charge < -0.3 is 14.6 Å². The summed E-state index contributed by atoms with van der Waals surface area (Å²) in [5.41, 5.74) is 8.02. The normalized spacial score (nSPS) is 15.7. The van der Waals surface area contributed by atoms with Crippen LogP contribution >= 0.6 is 12.2 Å². The summed E-state index contributed by atoms with van der Waals surface area (Å²) in [6, 6.07) is 23.2. The largest absolute Gasteiger partial charge is 0.439 e. The van der Waals surface area contributed by atoms with Crippen molar-refractivity contribution in [2.45, 2.75) is 27.2 Å². The van der Waals surface area contributed by atoms with Crippen molar-refractivity contribution < 1.29 is 19.1 Å². The van der Waals surface area contributed by atoms with Crippen molar-refractivity contribution in [2.75, 3.05) is 11.4 Å². The first kappa shape index (κ1) is 30.8. The topological polar surface area (TPSA) is 121 Å². The van der Waals surface area contributed by atoms with Crippen LogP contribution in [0.1, 0.15) is 45.1 Å². The van der Waals surface area contributed by atoms with E-state index in [-0.39, 0.29) is 21.9 Å². The molecule has 0 radical (unpaired) electrons. The number of allylic oxidation sites excluding steroid dienone is 2. The lowest BCUT2D eigenvalue weighted by atomic mass is 9.83.